The van der Waals surface area contributed by atoms with E-state index < -0.39 is 5.97 Å². The highest BCUT2D eigenvalue weighted by atomic mass is 19.1. The summed E-state index contributed by atoms with van der Waals surface area (Å²) in [5.74, 6) is -0.794. The van der Waals surface area contributed by atoms with Gasteiger partial charge in [0.05, 0.1) is 0 Å². The number of carbonyl (C=O) groups is 1. The van der Waals surface area contributed by atoms with Gasteiger partial charge in [0, 0.05) is 11.1 Å². The van der Waals surface area contributed by atoms with Crippen LogP contribution in [0.4, 0.5) is 4.39 Å². The van der Waals surface area contributed by atoms with Gasteiger partial charge in [-0.1, -0.05) is 24.8 Å². The summed E-state index contributed by atoms with van der Waals surface area (Å²) in [4.78, 5) is 11.4. The number of hydrogen-bond acceptors (Lipinski definition) is 3. The van der Waals surface area contributed by atoms with Crippen LogP contribution in [-0.2, 0) is 16.1 Å². The van der Waals surface area contributed by atoms with Crippen molar-refractivity contribution < 1.29 is 19.0 Å². The van der Waals surface area contributed by atoms with E-state index in [9.17, 15) is 14.3 Å². The minimum Gasteiger partial charge on any atom is -0.508 e. The van der Waals surface area contributed by atoms with Crippen molar-refractivity contribution in [1.82, 2.24) is 0 Å². The second-order valence-electron chi connectivity index (χ2n) is 5.16. The molecule has 3 nitrogen and oxygen atoms in total. The SMILES string of the molecule is C=C(C)C(=O)OCc1cc(-c2ccc(C)c(F)c2)ccc1O. The Morgan fingerprint density at radius 3 is 2.50 bits per heavy atom. The minimum atomic E-state index is -0.522. The molecule has 4 heteroatoms. The van der Waals surface area contributed by atoms with Gasteiger partial charge < -0.3 is 9.84 Å². The molecule has 22 heavy (non-hydrogen) atoms. The summed E-state index contributed by atoms with van der Waals surface area (Å²) in [5, 5.41) is 9.84. The molecule has 0 radical (unpaired) electrons. The molecule has 0 fully saturated rings. The number of aryl methyl sites for hydroxylation is 1. The lowest BCUT2D eigenvalue weighted by Crippen LogP contribution is -2.05. The second-order valence-corrected chi connectivity index (χ2v) is 5.16. The molecule has 0 atom stereocenters. The predicted molar refractivity (Wildman–Crippen MR) is 82.8 cm³/mol. The summed E-state index contributed by atoms with van der Waals surface area (Å²) in [7, 11) is 0. The molecule has 0 unspecified atom stereocenters. The molecular formula is C18H17FO3. The molecular weight excluding hydrogens is 283 g/mol. The van der Waals surface area contributed by atoms with Gasteiger partial charge >= 0.3 is 5.97 Å². The van der Waals surface area contributed by atoms with E-state index in [2.05, 4.69) is 6.58 Å². The Hall–Kier alpha value is -2.62. The molecule has 0 aliphatic heterocycles. The fourth-order valence-electron chi connectivity index (χ4n) is 1.92. The third-order valence-corrected chi connectivity index (χ3v) is 3.29. The van der Waals surface area contributed by atoms with Gasteiger partial charge in [0.25, 0.3) is 0 Å². The molecule has 0 saturated heterocycles. The summed E-state index contributed by atoms with van der Waals surface area (Å²) in [6, 6.07) is 9.78. The first-order chi connectivity index (χ1) is 10.4. The third kappa shape index (κ3) is 3.52. The van der Waals surface area contributed by atoms with Crippen LogP contribution < -0.4 is 0 Å². The van der Waals surface area contributed by atoms with Crippen molar-refractivity contribution in [2.24, 2.45) is 0 Å². The molecule has 2 rings (SSSR count). The van der Waals surface area contributed by atoms with Crippen LogP contribution in [0.5, 0.6) is 5.75 Å². The fourth-order valence-corrected chi connectivity index (χ4v) is 1.92. The molecule has 0 aliphatic carbocycles. The summed E-state index contributed by atoms with van der Waals surface area (Å²) in [6.45, 7) is 6.67. The maximum atomic E-state index is 13.7. The van der Waals surface area contributed by atoms with Gasteiger partial charge in [-0.05, 0) is 48.7 Å². The smallest absolute Gasteiger partial charge is 0.333 e. The molecule has 0 saturated carbocycles. The van der Waals surface area contributed by atoms with Crippen molar-refractivity contribution in [3.05, 3.63) is 65.5 Å². The van der Waals surface area contributed by atoms with E-state index in [0.717, 1.165) is 5.56 Å². The summed E-state index contributed by atoms with van der Waals surface area (Å²) >= 11 is 0. The van der Waals surface area contributed by atoms with Gasteiger partial charge in [0.15, 0.2) is 0 Å². The average Bonchev–Trinajstić information content (AvgIpc) is 2.48. The molecule has 114 valence electrons. The monoisotopic (exact) mass is 300 g/mol. The van der Waals surface area contributed by atoms with Crippen LogP contribution in [0.3, 0.4) is 0 Å². The minimum absolute atomic E-state index is 0.0193. The number of hydrogen-bond donors (Lipinski definition) is 1. The highest BCUT2D eigenvalue weighted by Crippen LogP contribution is 2.27. The number of phenolic OH excluding ortho intramolecular Hbond substituents is 1. The number of carbonyl (C=O) groups excluding carboxylic acids is 1. The molecule has 0 heterocycles. The number of halogens is 1. The lowest BCUT2D eigenvalue weighted by atomic mass is 10.0. The molecule has 2 aromatic rings. The van der Waals surface area contributed by atoms with Crippen LogP contribution >= 0.6 is 0 Å². The van der Waals surface area contributed by atoms with E-state index in [1.165, 1.54) is 12.1 Å². The molecule has 1 N–H and O–H groups in total. The molecule has 0 bridgehead atoms. The topological polar surface area (TPSA) is 46.5 Å². The van der Waals surface area contributed by atoms with E-state index in [1.54, 1.807) is 38.1 Å². The van der Waals surface area contributed by atoms with Gasteiger partial charge in [-0.2, -0.15) is 0 Å². The Bertz CT molecular complexity index is 735. The Morgan fingerprint density at radius 2 is 1.86 bits per heavy atom. The molecule has 2 aromatic carbocycles. The normalized spacial score (nSPS) is 10.3. The number of rotatable bonds is 4. The lowest BCUT2D eigenvalue weighted by Gasteiger charge is -2.10. The predicted octanol–water partition coefficient (Wildman–Crippen LogP) is 4.13. The molecule has 0 amide bonds. The summed E-state index contributed by atoms with van der Waals surface area (Å²) in [5.41, 5.74) is 2.73. The van der Waals surface area contributed by atoms with Crippen LogP contribution in [0.15, 0.2) is 48.6 Å². The Balaban J connectivity index is 2.27. The van der Waals surface area contributed by atoms with E-state index in [-0.39, 0.29) is 23.7 Å². The number of esters is 1. The van der Waals surface area contributed by atoms with Gasteiger partial charge in [-0.15, -0.1) is 0 Å². The van der Waals surface area contributed by atoms with Crippen LogP contribution in [0.2, 0.25) is 0 Å². The third-order valence-electron chi connectivity index (χ3n) is 3.29. The second kappa shape index (κ2) is 6.43. The van der Waals surface area contributed by atoms with E-state index in [0.29, 0.717) is 16.7 Å². The van der Waals surface area contributed by atoms with Gasteiger partial charge in [-0.3, -0.25) is 0 Å². The van der Waals surface area contributed by atoms with Crippen molar-refractivity contribution in [2.75, 3.05) is 0 Å². The van der Waals surface area contributed by atoms with E-state index >= 15 is 0 Å². The van der Waals surface area contributed by atoms with Crippen molar-refractivity contribution in [1.29, 1.82) is 0 Å². The Kier molecular flexibility index (Phi) is 4.61. The average molecular weight is 300 g/mol. The van der Waals surface area contributed by atoms with E-state index in [4.69, 9.17) is 4.74 Å². The van der Waals surface area contributed by atoms with Crippen molar-refractivity contribution >= 4 is 5.97 Å². The zero-order valence-corrected chi connectivity index (χ0v) is 12.5. The zero-order chi connectivity index (χ0) is 16.3. The van der Waals surface area contributed by atoms with Crippen LogP contribution in [0.1, 0.15) is 18.1 Å². The fraction of sp³-hybridized carbons (Fsp3) is 0.167. The molecule has 0 aromatic heterocycles. The Labute approximate surface area is 128 Å². The summed E-state index contributed by atoms with van der Waals surface area (Å²) < 4.78 is 18.7. The standard InChI is InChI=1S/C18H17FO3/c1-11(2)18(21)22-10-15-8-13(6-7-17(15)20)14-5-4-12(3)16(19)9-14/h4-9,20H,1,10H2,2-3H3. The summed E-state index contributed by atoms with van der Waals surface area (Å²) in [6.07, 6.45) is 0. The molecule has 0 aliphatic rings. The number of benzene rings is 2. The first kappa shape index (κ1) is 15.8. The lowest BCUT2D eigenvalue weighted by molar-refractivity contribution is -0.140. The van der Waals surface area contributed by atoms with Crippen LogP contribution in [0.25, 0.3) is 11.1 Å². The highest BCUT2D eigenvalue weighted by molar-refractivity contribution is 5.86. The number of ether oxygens (including phenoxy) is 1. The van der Waals surface area contributed by atoms with E-state index in [1.807, 2.05) is 0 Å². The first-order valence-corrected chi connectivity index (χ1v) is 6.79. The number of phenols is 1. The maximum absolute atomic E-state index is 13.7. The van der Waals surface area contributed by atoms with Crippen molar-refractivity contribution in [3.63, 3.8) is 0 Å². The largest absolute Gasteiger partial charge is 0.508 e. The molecule has 0 spiro atoms. The van der Waals surface area contributed by atoms with Crippen LogP contribution in [0, 0.1) is 12.7 Å². The first-order valence-electron chi connectivity index (χ1n) is 6.79. The van der Waals surface area contributed by atoms with Crippen molar-refractivity contribution in [3.8, 4) is 16.9 Å². The quantitative estimate of drug-likeness (QED) is 0.682. The van der Waals surface area contributed by atoms with Gasteiger partial charge in [0.1, 0.15) is 18.2 Å². The van der Waals surface area contributed by atoms with Gasteiger partial charge in [-0.25, -0.2) is 9.18 Å². The van der Waals surface area contributed by atoms with Crippen molar-refractivity contribution in [2.45, 2.75) is 20.5 Å². The Morgan fingerprint density at radius 1 is 1.23 bits per heavy atom. The maximum Gasteiger partial charge on any atom is 0.333 e. The van der Waals surface area contributed by atoms with Crippen LogP contribution in [-0.4, -0.2) is 11.1 Å². The zero-order valence-electron chi connectivity index (χ0n) is 12.5. The number of aromatic hydroxyl groups is 1. The highest BCUT2D eigenvalue weighted by Gasteiger charge is 2.09. The van der Waals surface area contributed by atoms with Gasteiger partial charge in [0.2, 0.25) is 0 Å².